The minimum atomic E-state index is -0.385. The average Bonchev–Trinajstić information content (AvgIpc) is 2.49. The molecule has 0 saturated carbocycles. The van der Waals surface area contributed by atoms with Crippen LogP contribution in [0.4, 0.5) is 0 Å². The summed E-state index contributed by atoms with van der Waals surface area (Å²) in [5, 5.41) is 9.24. The zero-order chi connectivity index (χ0) is 16.1. The van der Waals surface area contributed by atoms with Crippen LogP contribution >= 0.6 is 0 Å². The maximum absolute atomic E-state index is 11.9. The average molecular weight is 298 g/mol. The lowest BCUT2D eigenvalue weighted by atomic mass is 10.0. The van der Waals surface area contributed by atoms with Gasteiger partial charge in [0.1, 0.15) is 11.6 Å². The molecule has 2 rings (SSSR count). The van der Waals surface area contributed by atoms with Crippen molar-refractivity contribution in [1.29, 1.82) is 5.26 Å². The summed E-state index contributed by atoms with van der Waals surface area (Å²) in [6.45, 7) is 6.61. The standard InChI is InChI=1S/C17H18N2O3/c1-4-21-15-7-6-12(9-16(15)22-5-2)13-8-11(3)19-17(20)14(13)10-18/h6-9H,4-5H2,1-3H3,(H,19,20). The molecule has 0 fully saturated rings. The molecule has 5 heteroatoms. The van der Waals surface area contributed by atoms with Crippen LogP contribution in [0.25, 0.3) is 11.1 Å². The Morgan fingerprint density at radius 2 is 1.82 bits per heavy atom. The zero-order valence-corrected chi connectivity index (χ0v) is 12.9. The highest BCUT2D eigenvalue weighted by molar-refractivity contribution is 5.72. The van der Waals surface area contributed by atoms with Crippen molar-refractivity contribution in [1.82, 2.24) is 4.98 Å². The summed E-state index contributed by atoms with van der Waals surface area (Å²) >= 11 is 0. The van der Waals surface area contributed by atoms with Crippen molar-refractivity contribution in [3.05, 3.63) is 45.9 Å². The SMILES string of the molecule is CCOc1ccc(-c2cc(C)[nH]c(=O)c2C#N)cc1OCC. The van der Waals surface area contributed by atoms with Gasteiger partial charge in [-0.2, -0.15) is 5.26 Å². The van der Waals surface area contributed by atoms with Gasteiger partial charge < -0.3 is 14.5 Å². The molecule has 0 amide bonds. The molecule has 2 aromatic rings. The van der Waals surface area contributed by atoms with E-state index in [1.54, 1.807) is 25.1 Å². The summed E-state index contributed by atoms with van der Waals surface area (Å²) in [7, 11) is 0. The summed E-state index contributed by atoms with van der Waals surface area (Å²) in [4.78, 5) is 14.5. The molecule has 1 heterocycles. The van der Waals surface area contributed by atoms with E-state index in [2.05, 4.69) is 4.98 Å². The van der Waals surface area contributed by atoms with Crippen LogP contribution in [0.15, 0.2) is 29.1 Å². The molecule has 0 aliphatic rings. The molecular weight excluding hydrogens is 280 g/mol. The molecule has 0 bridgehead atoms. The Bertz CT molecular complexity index is 772. The summed E-state index contributed by atoms with van der Waals surface area (Å²) in [5.41, 5.74) is 1.75. The van der Waals surface area contributed by atoms with Crippen molar-refractivity contribution in [3.63, 3.8) is 0 Å². The fraction of sp³-hybridized carbons (Fsp3) is 0.294. The molecule has 1 N–H and O–H groups in total. The molecule has 0 aliphatic heterocycles. The monoisotopic (exact) mass is 298 g/mol. The van der Waals surface area contributed by atoms with E-state index in [9.17, 15) is 10.1 Å². The number of aryl methyl sites for hydroxylation is 1. The van der Waals surface area contributed by atoms with Crippen LogP contribution in [0.1, 0.15) is 25.1 Å². The van der Waals surface area contributed by atoms with Gasteiger partial charge in [-0.1, -0.05) is 6.07 Å². The number of nitriles is 1. The highest BCUT2D eigenvalue weighted by atomic mass is 16.5. The van der Waals surface area contributed by atoms with Crippen LogP contribution in [-0.2, 0) is 0 Å². The second-order valence-electron chi connectivity index (χ2n) is 4.71. The van der Waals surface area contributed by atoms with Crippen LogP contribution in [0.5, 0.6) is 11.5 Å². The van der Waals surface area contributed by atoms with E-state index in [4.69, 9.17) is 9.47 Å². The number of nitrogens with zero attached hydrogens (tertiary/aromatic N) is 1. The van der Waals surface area contributed by atoms with Gasteiger partial charge in [-0.25, -0.2) is 0 Å². The number of aromatic nitrogens is 1. The van der Waals surface area contributed by atoms with Crippen molar-refractivity contribution < 1.29 is 9.47 Å². The number of aromatic amines is 1. The summed E-state index contributed by atoms with van der Waals surface area (Å²) in [6.07, 6.45) is 0. The Labute approximate surface area is 129 Å². The van der Waals surface area contributed by atoms with E-state index in [0.29, 0.717) is 36.0 Å². The lowest BCUT2D eigenvalue weighted by molar-refractivity contribution is 0.288. The Balaban J connectivity index is 2.61. The summed E-state index contributed by atoms with van der Waals surface area (Å²) in [5.74, 6) is 1.25. The first-order valence-electron chi connectivity index (χ1n) is 7.14. The van der Waals surface area contributed by atoms with Crippen LogP contribution < -0.4 is 15.0 Å². The molecular formula is C17H18N2O3. The molecule has 0 atom stereocenters. The molecule has 0 spiro atoms. The molecule has 114 valence electrons. The fourth-order valence-corrected chi connectivity index (χ4v) is 2.25. The third-order valence-electron chi connectivity index (χ3n) is 3.13. The molecule has 1 aromatic heterocycles. The first-order valence-corrected chi connectivity index (χ1v) is 7.14. The van der Waals surface area contributed by atoms with Crippen LogP contribution in [0.3, 0.4) is 0 Å². The minimum Gasteiger partial charge on any atom is -0.490 e. The van der Waals surface area contributed by atoms with Crippen LogP contribution in [0, 0.1) is 18.3 Å². The smallest absolute Gasteiger partial charge is 0.266 e. The first-order chi connectivity index (χ1) is 10.6. The van der Waals surface area contributed by atoms with Gasteiger partial charge >= 0.3 is 0 Å². The van der Waals surface area contributed by atoms with E-state index < -0.39 is 0 Å². The van der Waals surface area contributed by atoms with Crippen molar-refractivity contribution >= 4 is 0 Å². The lowest BCUT2D eigenvalue weighted by Gasteiger charge is -2.13. The maximum Gasteiger partial charge on any atom is 0.266 e. The second-order valence-corrected chi connectivity index (χ2v) is 4.71. The van der Waals surface area contributed by atoms with E-state index in [-0.39, 0.29) is 11.1 Å². The van der Waals surface area contributed by atoms with Crippen molar-refractivity contribution in [2.45, 2.75) is 20.8 Å². The van der Waals surface area contributed by atoms with Crippen molar-refractivity contribution in [2.24, 2.45) is 0 Å². The highest BCUT2D eigenvalue weighted by Gasteiger charge is 2.13. The highest BCUT2D eigenvalue weighted by Crippen LogP contribution is 2.33. The number of ether oxygens (including phenoxy) is 2. The molecule has 0 saturated heterocycles. The largest absolute Gasteiger partial charge is 0.490 e. The third kappa shape index (κ3) is 3.12. The predicted octanol–water partition coefficient (Wildman–Crippen LogP) is 3.02. The number of rotatable bonds is 5. The Kier molecular flexibility index (Phi) is 4.84. The minimum absolute atomic E-state index is 0.0946. The van der Waals surface area contributed by atoms with E-state index in [0.717, 1.165) is 5.56 Å². The Morgan fingerprint density at radius 3 is 2.45 bits per heavy atom. The van der Waals surface area contributed by atoms with Gasteiger partial charge in [0.15, 0.2) is 11.5 Å². The Hall–Kier alpha value is -2.74. The number of pyridine rings is 1. The first kappa shape index (κ1) is 15.6. The van der Waals surface area contributed by atoms with Gasteiger partial charge in [-0.05, 0) is 44.5 Å². The molecule has 0 unspecified atom stereocenters. The fourth-order valence-electron chi connectivity index (χ4n) is 2.25. The van der Waals surface area contributed by atoms with Gasteiger partial charge in [0.05, 0.1) is 13.2 Å². The van der Waals surface area contributed by atoms with E-state index in [1.165, 1.54) is 0 Å². The van der Waals surface area contributed by atoms with Crippen molar-refractivity contribution in [2.75, 3.05) is 13.2 Å². The number of hydrogen-bond acceptors (Lipinski definition) is 4. The van der Waals surface area contributed by atoms with Crippen LogP contribution in [-0.4, -0.2) is 18.2 Å². The number of benzene rings is 1. The van der Waals surface area contributed by atoms with Gasteiger partial charge in [0, 0.05) is 11.3 Å². The number of hydrogen-bond donors (Lipinski definition) is 1. The van der Waals surface area contributed by atoms with Gasteiger partial charge in [0.25, 0.3) is 5.56 Å². The molecule has 1 aromatic carbocycles. The summed E-state index contributed by atoms with van der Waals surface area (Å²) in [6, 6.07) is 9.16. The Morgan fingerprint density at radius 1 is 1.14 bits per heavy atom. The lowest BCUT2D eigenvalue weighted by Crippen LogP contribution is -2.12. The molecule has 0 radical (unpaired) electrons. The van der Waals surface area contributed by atoms with Gasteiger partial charge in [-0.15, -0.1) is 0 Å². The number of H-pyrrole nitrogens is 1. The van der Waals surface area contributed by atoms with Gasteiger partial charge in [0.2, 0.25) is 0 Å². The quantitative estimate of drug-likeness (QED) is 0.920. The predicted molar refractivity (Wildman–Crippen MR) is 84.3 cm³/mol. The molecule has 5 nitrogen and oxygen atoms in total. The topological polar surface area (TPSA) is 75.1 Å². The van der Waals surface area contributed by atoms with Gasteiger partial charge in [-0.3, -0.25) is 4.79 Å². The summed E-state index contributed by atoms with van der Waals surface area (Å²) < 4.78 is 11.1. The zero-order valence-electron chi connectivity index (χ0n) is 12.9. The normalized spacial score (nSPS) is 10.1. The van der Waals surface area contributed by atoms with E-state index in [1.807, 2.05) is 26.0 Å². The van der Waals surface area contributed by atoms with E-state index >= 15 is 0 Å². The molecule has 0 aliphatic carbocycles. The van der Waals surface area contributed by atoms with Crippen LogP contribution in [0.2, 0.25) is 0 Å². The molecule has 22 heavy (non-hydrogen) atoms. The maximum atomic E-state index is 11.9. The third-order valence-corrected chi connectivity index (χ3v) is 3.13. The van der Waals surface area contributed by atoms with Crippen molar-refractivity contribution in [3.8, 4) is 28.7 Å². The number of nitrogens with one attached hydrogen (secondary N) is 1. The second kappa shape index (κ2) is 6.81.